The normalized spacial score (nSPS) is 25.6. The number of hydrogen-bond donors (Lipinski definition) is 2. The Bertz CT molecular complexity index is 463. The largest absolute Gasteiger partial charge is 0.312 e. The summed E-state index contributed by atoms with van der Waals surface area (Å²) in [4.78, 5) is 2.24. The first-order valence-electron chi connectivity index (χ1n) is 8.42. The molecular formula is C18H30ClN3. The van der Waals surface area contributed by atoms with Gasteiger partial charge in [-0.2, -0.15) is 0 Å². The Balaban J connectivity index is 2.13. The highest BCUT2D eigenvalue weighted by Gasteiger charge is 2.41. The van der Waals surface area contributed by atoms with Crippen molar-refractivity contribution in [2.75, 3.05) is 34.2 Å². The molecule has 1 aliphatic carbocycles. The maximum Gasteiger partial charge on any atom is 0.0602 e. The monoisotopic (exact) mass is 323 g/mol. The average molecular weight is 324 g/mol. The molecule has 2 rings (SSSR count). The van der Waals surface area contributed by atoms with Gasteiger partial charge in [0.1, 0.15) is 0 Å². The van der Waals surface area contributed by atoms with Gasteiger partial charge in [0, 0.05) is 11.1 Å². The van der Waals surface area contributed by atoms with E-state index in [9.17, 15) is 0 Å². The van der Waals surface area contributed by atoms with E-state index in [1.807, 2.05) is 12.1 Å². The van der Waals surface area contributed by atoms with Gasteiger partial charge in [0.25, 0.3) is 0 Å². The van der Waals surface area contributed by atoms with Crippen LogP contribution >= 0.6 is 11.6 Å². The molecule has 0 bridgehead atoms. The lowest BCUT2D eigenvalue weighted by Gasteiger charge is -2.45. The Kier molecular flexibility index (Phi) is 6.69. The Morgan fingerprint density at radius 1 is 1.27 bits per heavy atom. The standard InChI is InChI=1S/C18H30ClN3/c1-20-18(15-9-4-5-10-16(15)19)12-7-6-11-17(18)21-13-8-14-22(2)3/h4-5,9-10,17,20-21H,6-8,11-14H2,1-3H3/t17-,18-/m0/s1. The summed E-state index contributed by atoms with van der Waals surface area (Å²) in [5.74, 6) is 0. The highest BCUT2D eigenvalue weighted by molar-refractivity contribution is 6.31. The predicted octanol–water partition coefficient (Wildman–Crippen LogP) is 3.24. The maximum absolute atomic E-state index is 6.52. The van der Waals surface area contributed by atoms with Gasteiger partial charge in [0.2, 0.25) is 0 Å². The smallest absolute Gasteiger partial charge is 0.0602 e. The van der Waals surface area contributed by atoms with Gasteiger partial charge in [0.15, 0.2) is 0 Å². The summed E-state index contributed by atoms with van der Waals surface area (Å²) in [6, 6.07) is 8.73. The molecule has 1 fully saturated rings. The molecule has 2 atom stereocenters. The molecule has 4 heteroatoms. The van der Waals surface area contributed by atoms with Crippen LogP contribution in [0, 0.1) is 0 Å². The zero-order chi connectivity index (χ0) is 16.0. The van der Waals surface area contributed by atoms with E-state index in [1.54, 1.807) is 0 Å². The van der Waals surface area contributed by atoms with E-state index in [1.165, 1.54) is 31.2 Å². The van der Waals surface area contributed by atoms with Gasteiger partial charge in [-0.3, -0.25) is 0 Å². The highest BCUT2D eigenvalue weighted by Crippen LogP contribution is 2.40. The van der Waals surface area contributed by atoms with Crippen LogP contribution in [0.2, 0.25) is 5.02 Å². The molecule has 0 radical (unpaired) electrons. The second kappa shape index (κ2) is 8.30. The minimum Gasteiger partial charge on any atom is -0.312 e. The van der Waals surface area contributed by atoms with Crippen molar-refractivity contribution in [1.29, 1.82) is 0 Å². The van der Waals surface area contributed by atoms with Crippen LogP contribution < -0.4 is 10.6 Å². The first-order valence-corrected chi connectivity index (χ1v) is 8.80. The number of rotatable bonds is 7. The topological polar surface area (TPSA) is 27.3 Å². The van der Waals surface area contributed by atoms with Crippen molar-refractivity contribution in [2.45, 2.75) is 43.7 Å². The van der Waals surface area contributed by atoms with Crippen molar-refractivity contribution in [1.82, 2.24) is 15.5 Å². The van der Waals surface area contributed by atoms with Crippen molar-refractivity contribution >= 4 is 11.6 Å². The van der Waals surface area contributed by atoms with Crippen LogP contribution in [0.3, 0.4) is 0 Å². The van der Waals surface area contributed by atoms with E-state index in [2.05, 4.69) is 48.8 Å². The van der Waals surface area contributed by atoms with Crippen LogP contribution in [0.15, 0.2) is 24.3 Å². The highest BCUT2D eigenvalue weighted by atomic mass is 35.5. The van der Waals surface area contributed by atoms with Gasteiger partial charge in [0.05, 0.1) is 5.54 Å². The Morgan fingerprint density at radius 2 is 2.05 bits per heavy atom. The van der Waals surface area contributed by atoms with Gasteiger partial charge in [-0.05, 0) is 65.1 Å². The third-order valence-corrected chi connectivity index (χ3v) is 5.21. The summed E-state index contributed by atoms with van der Waals surface area (Å²) in [6.45, 7) is 2.18. The van der Waals surface area contributed by atoms with Crippen LogP contribution in [0.4, 0.5) is 0 Å². The minimum atomic E-state index is -0.0469. The van der Waals surface area contributed by atoms with E-state index >= 15 is 0 Å². The molecule has 1 saturated carbocycles. The fourth-order valence-electron chi connectivity index (χ4n) is 3.70. The van der Waals surface area contributed by atoms with Crippen molar-refractivity contribution in [3.63, 3.8) is 0 Å². The number of likely N-dealkylation sites (N-methyl/N-ethyl adjacent to an activating group) is 1. The summed E-state index contributed by atoms with van der Waals surface area (Å²) in [5.41, 5.74) is 1.19. The Morgan fingerprint density at radius 3 is 2.73 bits per heavy atom. The van der Waals surface area contributed by atoms with Crippen molar-refractivity contribution in [3.8, 4) is 0 Å². The third kappa shape index (κ3) is 4.02. The quantitative estimate of drug-likeness (QED) is 0.754. The second-order valence-electron chi connectivity index (χ2n) is 6.61. The molecule has 0 saturated heterocycles. The number of hydrogen-bond acceptors (Lipinski definition) is 3. The molecule has 0 spiro atoms. The zero-order valence-electron chi connectivity index (χ0n) is 14.2. The first-order chi connectivity index (χ1) is 10.6. The van der Waals surface area contributed by atoms with E-state index < -0.39 is 0 Å². The molecule has 0 aromatic heterocycles. The lowest BCUT2D eigenvalue weighted by Crippen LogP contribution is -2.58. The average Bonchev–Trinajstić information content (AvgIpc) is 2.52. The van der Waals surface area contributed by atoms with Crippen LogP contribution in [0.25, 0.3) is 0 Å². The van der Waals surface area contributed by atoms with Crippen LogP contribution in [0.5, 0.6) is 0 Å². The summed E-state index contributed by atoms with van der Waals surface area (Å²) in [6.07, 6.45) is 6.06. The van der Waals surface area contributed by atoms with E-state index in [0.717, 1.165) is 24.5 Å². The molecular weight excluding hydrogens is 294 g/mol. The van der Waals surface area contributed by atoms with Crippen molar-refractivity contribution in [3.05, 3.63) is 34.9 Å². The molecule has 1 aromatic carbocycles. The maximum atomic E-state index is 6.52. The van der Waals surface area contributed by atoms with Gasteiger partial charge < -0.3 is 15.5 Å². The number of benzene rings is 1. The lowest BCUT2D eigenvalue weighted by atomic mass is 9.72. The molecule has 2 N–H and O–H groups in total. The first kappa shape index (κ1) is 17.7. The zero-order valence-corrected chi connectivity index (χ0v) is 14.9. The fraction of sp³-hybridized carbons (Fsp3) is 0.667. The van der Waals surface area contributed by atoms with Crippen molar-refractivity contribution < 1.29 is 0 Å². The second-order valence-corrected chi connectivity index (χ2v) is 7.02. The van der Waals surface area contributed by atoms with E-state index in [0.29, 0.717) is 6.04 Å². The molecule has 0 unspecified atom stereocenters. The molecule has 3 nitrogen and oxygen atoms in total. The molecule has 0 heterocycles. The molecule has 124 valence electrons. The molecule has 0 amide bonds. The van der Waals surface area contributed by atoms with Gasteiger partial charge in [-0.15, -0.1) is 0 Å². The summed E-state index contributed by atoms with van der Waals surface area (Å²) < 4.78 is 0. The number of nitrogens with zero attached hydrogens (tertiary/aromatic N) is 1. The summed E-state index contributed by atoms with van der Waals surface area (Å²) in [5, 5.41) is 8.29. The number of nitrogens with one attached hydrogen (secondary N) is 2. The molecule has 0 aliphatic heterocycles. The third-order valence-electron chi connectivity index (χ3n) is 4.88. The molecule has 1 aromatic rings. The minimum absolute atomic E-state index is 0.0469. The summed E-state index contributed by atoms with van der Waals surface area (Å²) in [7, 11) is 6.33. The van der Waals surface area contributed by atoms with Gasteiger partial charge in [-0.1, -0.05) is 42.6 Å². The SMILES string of the molecule is CN[C@]1(c2ccccc2Cl)CCCC[C@@H]1NCCCN(C)C. The Labute approximate surface area is 140 Å². The predicted molar refractivity (Wildman–Crippen MR) is 95.6 cm³/mol. The van der Waals surface area contributed by atoms with Crippen LogP contribution in [0.1, 0.15) is 37.7 Å². The molecule has 1 aliphatic rings. The number of halogens is 1. The summed E-state index contributed by atoms with van der Waals surface area (Å²) >= 11 is 6.52. The van der Waals surface area contributed by atoms with E-state index in [4.69, 9.17) is 11.6 Å². The van der Waals surface area contributed by atoms with Crippen LogP contribution in [-0.4, -0.2) is 45.2 Å². The van der Waals surface area contributed by atoms with Gasteiger partial charge in [-0.25, -0.2) is 0 Å². The molecule has 22 heavy (non-hydrogen) atoms. The van der Waals surface area contributed by atoms with E-state index in [-0.39, 0.29) is 5.54 Å². The van der Waals surface area contributed by atoms with Crippen LogP contribution in [-0.2, 0) is 5.54 Å². The Hall–Kier alpha value is -0.610. The van der Waals surface area contributed by atoms with Gasteiger partial charge >= 0.3 is 0 Å². The fourth-order valence-corrected chi connectivity index (χ4v) is 4.00. The van der Waals surface area contributed by atoms with Crippen molar-refractivity contribution in [2.24, 2.45) is 0 Å². The lowest BCUT2D eigenvalue weighted by molar-refractivity contribution is 0.177.